The van der Waals surface area contributed by atoms with E-state index in [1.165, 1.54) is 83.7 Å². The Morgan fingerprint density at radius 1 is 0.905 bits per heavy atom. The number of rotatable bonds is 4. The molecule has 0 aromatic carbocycles. The Balaban J connectivity index is 2.11. The predicted molar refractivity (Wildman–Crippen MR) is 86.3 cm³/mol. The minimum absolute atomic E-state index is 0.0160. The fourth-order valence-electron chi connectivity index (χ4n) is 4.19. The van der Waals surface area contributed by atoms with Gasteiger partial charge in [0, 0.05) is 5.54 Å². The molecular weight excluding hydrogens is 262 g/mol. The number of carbonyl (C=O) groups excluding carboxylic acids is 1. The van der Waals surface area contributed by atoms with Gasteiger partial charge in [0.2, 0.25) is 0 Å². The zero-order valence-electron chi connectivity index (χ0n) is 13.9. The molecule has 0 unspecified atom stereocenters. The van der Waals surface area contributed by atoms with E-state index in [9.17, 15) is 4.79 Å². The standard InChI is InChI=1S/C18H33NO2/c1-2-21-17(20)16-18(12-8-4-3-5-9-13-18)19-14-10-6-7-11-15-19/h2-16H2,1H3. The molecule has 0 atom stereocenters. The molecule has 2 rings (SSSR count). The third kappa shape index (κ3) is 4.98. The molecule has 0 bridgehead atoms. The van der Waals surface area contributed by atoms with Crippen molar-refractivity contribution in [3.63, 3.8) is 0 Å². The number of hydrogen-bond acceptors (Lipinski definition) is 3. The highest BCUT2D eigenvalue weighted by atomic mass is 16.5. The second-order valence-electron chi connectivity index (χ2n) is 6.88. The van der Waals surface area contributed by atoms with Crippen molar-refractivity contribution in [3.05, 3.63) is 0 Å². The smallest absolute Gasteiger partial charge is 0.307 e. The van der Waals surface area contributed by atoms with Gasteiger partial charge in [-0.15, -0.1) is 0 Å². The van der Waals surface area contributed by atoms with Gasteiger partial charge in [-0.1, -0.05) is 44.9 Å². The minimum Gasteiger partial charge on any atom is -0.466 e. The van der Waals surface area contributed by atoms with Crippen molar-refractivity contribution in [1.82, 2.24) is 4.90 Å². The second-order valence-corrected chi connectivity index (χ2v) is 6.88. The van der Waals surface area contributed by atoms with Crippen molar-refractivity contribution in [2.24, 2.45) is 0 Å². The van der Waals surface area contributed by atoms with Crippen LogP contribution in [-0.4, -0.2) is 36.1 Å². The zero-order chi connectivity index (χ0) is 15.0. The van der Waals surface area contributed by atoms with Crippen LogP contribution >= 0.6 is 0 Å². The average Bonchev–Trinajstić information content (AvgIpc) is 2.71. The highest BCUT2D eigenvalue weighted by Crippen LogP contribution is 2.36. The average molecular weight is 295 g/mol. The van der Waals surface area contributed by atoms with E-state index in [1.54, 1.807) is 0 Å². The Hall–Kier alpha value is -0.570. The molecule has 21 heavy (non-hydrogen) atoms. The summed E-state index contributed by atoms with van der Waals surface area (Å²) in [5.74, 6) is 0.0160. The first-order valence-corrected chi connectivity index (χ1v) is 9.17. The molecule has 1 aliphatic carbocycles. The Kier molecular flexibility index (Phi) is 7.01. The first-order valence-electron chi connectivity index (χ1n) is 9.17. The number of ether oxygens (including phenoxy) is 1. The maximum absolute atomic E-state index is 12.2. The van der Waals surface area contributed by atoms with E-state index in [0.717, 1.165) is 0 Å². The van der Waals surface area contributed by atoms with Crippen molar-refractivity contribution < 1.29 is 9.53 Å². The third-order valence-electron chi connectivity index (χ3n) is 5.34. The molecule has 122 valence electrons. The van der Waals surface area contributed by atoms with Gasteiger partial charge < -0.3 is 4.74 Å². The molecule has 0 radical (unpaired) electrons. The number of esters is 1. The topological polar surface area (TPSA) is 29.5 Å². The summed E-state index contributed by atoms with van der Waals surface area (Å²) in [4.78, 5) is 14.9. The lowest BCUT2D eigenvalue weighted by atomic mass is 9.79. The molecule has 3 heteroatoms. The van der Waals surface area contributed by atoms with Crippen LogP contribution < -0.4 is 0 Å². The second kappa shape index (κ2) is 8.77. The van der Waals surface area contributed by atoms with Crippen LogP contribution in [0, 0.1) is 0 Å². The lowest BCUT2D eigenvalue weighted by Crippen LogP contribution is -2.51. The van der Waals surface area contributed by atoms with Gasteiger partial charge in [-0.05, 0) is 45.7 Å². The largest absolute Gasteiger partial charge is 0.466 e. The highest BCUT2D eigenvalue weighted by Gasteiger charge is 2.38. The van der Waals surface area contributed by atoms with Crippen LogP contribution in [0.4, 0.5) is 0 Å². The molecule has 1 aliphatic heterocycles. The van der Waals surface area contributed by atoms with E-state index in [0.29, 0.717) is 13.0 Å². The van der Waals surface area contributed by atoms with Crippen LogP contribution in [0.15, 0.2) is 0 Å². The Morgan fingerprint density at radius 3 is 2.00 bits per heavy atom. The Labute approximate surface area is 130 Å². The molecule has 1 saturated heterocycles. The summed E-state index contributed by atoms with van der Waals surface area (Å²) in [5, 5.41) is 0. The molecule has 1 heterocycles. The predicted octanol–water partition coefficient (Wildman–Crippen LogP) is 4.30. The monoisotopic (exact) mass is 295 g/mol. The van der Waals surface area contributed by atoms with Gasteiger partial charge in [-0.2, -0.15) is 0 Å². The van der Waals surface area contributed by atoms with Crippen LogP contribution in [0.5, 0.6) is 0 Å². The molecule has 2 aliphatic rings. The van der Waals surface area contributed by atoms with Crippen molar-refractivity contribution in [1.29, 1.82) is 0 Å². The van der Waals surface area contributed by atoms with E-state index in [2.05, 4.69) is 4.90 Å². The quantitative estimate of drug-likeness (QED) is 0.724. The zero-order valence-corrected chi connectivity index (χ0v) is 13.9. The van der Waals surface area contributed by atoms with Gasteiger partial charge in [0.25, 0.3) is 0 Å². The van der Waals surface area contributed by atoms with Crippen molar-refractivity contribution in [3.8, 4) is 0 Å². The van der Waals surface area contributed by atoms with Crippen LogP contribution in [0.2, 0.25) is 0 Å². The van der Waals surface area contributed by atoms with Gasteiger partial charge in [-0.3, -0.25) is 9.69 Å². The molecule has 0 aromatic rings. The van der Waals surface area contributed by atoms with E-state index in [4.69, 9.17) is 4.74 Å². The van der Waals surface area contributed by atoms with E-state index in [-0.39, 0.29) is 11.5 Å². The molecule has 0 N–H and O–H groups in total. The molecule has 3 nitrogen and oxygen atoms in total. The van der Waals surface area contributed by atoms with Gasteiger partial charge >= 0.3 is 5.97 Å². The summed E-state index contributed by atoms with van der Waals surface area (Å²) in [6.45, 7) is 4.78. The SMILES string of the molecule is CCOC(=O)CC1(N2CCCCCC2)CCCCCCC1. The van der Waals surface area contributed by atoms with Gasteiger partial charge in [0.15, 0.2) is 0 Å². The molecule has 0 spiro atoms. The third-order valence-corrected chi connectivity index (χ3v) is 5.34. The lowest BCUT2D eigenvalue weighted by Gasteiger charge is -2.44. The molecule has 0 aromatic heterocycles. The van der Waals surface area contributed by atoms with Gasteiger partial charge in [0.1, 0.15) is 0 Å². The van der Waals surface area contributed by atoms with E-state index >= 15 is 0 Å². The summed E-state index contributed by atoms with van der Waals surface area (Å²) in [5.41, 5.74) is 0.0943. The van der Waals surface area contributed by atoms with Crippen LogP contribution in [0.25, 0.3) is 0 Å². The fraction of sp³-hybridized carbons (Fsp3) is 0.944. The number of nitrogens with zero attached hydrogens (tertiary/aromatic N) is 1. The normalized spacial score (nSPS) is 24.6. The maximum atomic E-state index is 12.2. The Bertz CT molecular complexity index is 300. The first kappa shape index (κ1) is 16.8. The van der Waals surface area contributed by atoms with E-state index in [1.807, 2.05) is 6.92 Å². The van der Waals surface area contributed by atoms with Crippen molar-refractivity contribution in [2.45, 2.75) is 89.5 Å². The first-order chi connectivity index (χ1) is 10.3. The summed E-state index contributed by atoms with van der Waals surface area (Å²) < 4.78 is 5.30. The maximum Gasteiger partial charge on any atom is 0.307 e. The Morgan fingerprint density at radius 2 is 1.43 bits per heavy atom. The molecule has 2 fully saturated rings. The van der Waals surface area contributed by atoms with Crippen LogP contribution in [0.3, 0.4) is 0 Å². The number of likely N-dealkylation sites (tertiary alicyclic amines) is 1. The lowest BCUT2D eigenvalue weighted by molar-refractivity contribution is -0.147. The fourth-order valence-corrected chi connectivity index (χ4v) is 4.19. The summed E-state index contributed by atoms with van der Waals surface area (Å²) in [6, 6.07) is 0. The summed E-state index contributed by atoms with van der Waals surface area (Å²) in [7, 11) is 0. The number of carbonyl (C=O) groups is 1. The van der Waals surface area contributed by atoms with Crippen LogP contribution in [0.1, 0.15) is 84.0 Å². The molecule has 1 saturated carbocycles. The van der Waals surface area contributed by atoms with Gasteiger partial charge in [-0.25, -0.2) is 0 Å². The summed E-state index contributed by atoms with van der Waals surface area (Å²) >= 11 is 0. The van der Waals surface area contributed by atoms with Crippen molar-refractivity contribution in [2.75, 3.05) is 19.7 Å². The van der Waals surface area contributed by atoms with Crippen LogP contribution in [-0.2, 0) is 9.53 Å². The number of hydrogen-bond donors (Lipinski definition) is 0. The van der Waals surface area contributed by atoms with E-state index < -0.39 is 0 Å². The molecule has 0 amide bonds. The highest BCUT2D eigenvalue weighted by molar-refractivity contribution is 5.71. The van der Waals surface area contributed by atoms with Gasteiger partial charge in [0.05, 0.1) is 13.0 Å². The minimum atomic E-state index is 0.0160. The summed E-state index contributed by atoms with van der Waals surface area (Å²) in [6.07, 6.45) is 14.9. The molecular formula is C18H33NO2. The van der Waals surface area contributed by atoms with Crippen molar-refractivity contribution >= 4 is 5.97 Å².